The molecule has 2 N–H and O–H groups in total. The van der Waals surface area contributed by atoms with E-state index in [1.54, 1.807) is 18.9 Å². The summed E-state index contributed by atoms with van der Waals surface area (Å²) >= 11 is 0. The van der Waals surface area contributed by atoms with E-state index in [1.807, 2.05) is 20.8 Å². The molecule has 0 spiro atoms. The van der Waals surface area contributed by atoms with Crippen molar-refractivity contribution in [3.63, 3.8) is 0 Å². The van der Waals surface area contributed by atoms with Crippen molar-refractivity contribution >= 4 is 11.8 Å². The molecule has 1 aliphatic rings. The SMILES string of the molecule is CN(CC(=O)NC(C)(C)C)CC(=O)N[C@](C)(C#N)C1CC1. The van der Waals surface area contributed by atoms with Crippen LogP contribution in [0, 0.1) is 17.2 Å². The highest BCUT2D eigenvalue weighted by molar-refractivity contribution is 5.82. The monoisotopic (exact) mass is 294 g/mol. The maximum atomic E-state index is 12.0. The average molecular weight is 294 g/mol. The molecule has 0 radical (unpaired) electrons. The zero-order valence-electron chi connectivity index (χ0n) is 13.6. The van der Waals surface area contributed by atoms with Crippen LogP contribution >= 0.6 is 0 Å². The van der Waals surface area contributed by atoms with Gasteiger partial charge in [0.2, 0.25) is 11.8 Å². The van der Waals surface area contributed by atoms with E-state index in [1.165, 1.54) is 0 Å². The number of rotatable bonds is 6. The molecule has 118 valence electrons. The predicted octanol–water partition coefficient (Wildman–Crippen LogP) is 0.641. The van der Waals surface area contributed by atoms with Crippen molar-refractivity contribution in [1.82, 2.24) is 15.5 Å². The van der Waals surface area contributed by atoms with Crippen LogP contribution in [0.25, 0.3) is 0 Å². The Morgan fingerprint density at radius 3 is 2.00 bits per heavy atom. The number of amides is 2. The van der Waals surface area contributed by atoms with Crippen LogP contribution in [-0.4, -0.2) is 47.9 Å². The molecule has 2 amide bonds. The summed E-state index contributed by atoms with van der Waals surface area (Å²) in [5.41, 5.74) is -1.07. The summed E-state index contributed by atoms with van der Waals surface area (Å²) < 4.78 is 0. The number of nitriles is 1. The van der Waals surface area contributed by atoms with Crippen LogP contribution in [-0.2, 0) is 9.59 Å². The number of hydrogen-bond donors (Lipinski definition) is 2. The third-order valence-electron chi connectivity index (χ3n) is 3.37. The van der Waals surface area contributed by atoms with Crippen molar-refractivity contribution in [3.8, 4) is 6.07 Å². The van der Waals surface area contributed by atoms with E-state index < -0.39 is 5.54 Å². The molecular weight excluding hydrogens is 268 g/mol. The Kier molecular flexibility index (Phi) is 5.35. The number of hydrogen-bond acceptors (Lipinski definition) is 4. The molecule has 0 bridgehead atoms. The van der Waals surface area contributed by atoms with Gasteiger partial charge in [0.05, 0.1) is 19.2 Å². The van der Waals surface area contributed by atoms with Crippen LogP contribution in [0.2, 0.25) is 0 Å². The lowest BCUT2D eigenvalue weighted by atomic mass is 9.98. The molecule has 0 aromatic carbocycles. The predicted molar refractivity (Wildman–Crippen MR) is 80.3 cm³/mol. The van der Waals surface area contributed by atoms with Crippen molar-refractivity contribution < 1.29 is 9.59 Å². The van der Waals surface area contributed by atoms with Gasteiger partial charge < -0.3 is 10.6 Å². The second kappa shape index (κ2) is 6.44. The molecule has 1 aliphatic carbocycles. The summed E-state index contributed by atoms with van der Waals surface area (Å²) in [6.45, 7) is 7.73. The molecule has 0 saturated heterocycles. The van der Waals surface area contributed by atoms with Crippen LogP contribution in [0.3, 0.4) is 0 Å². The number of carbonyl (C=O) groups is 2. The molecule has 6 heteroatoms. The lowest BCUT2D eigenvalue weighted by Gasteiger charge is -2.26. The number of carbonyl (C=O) groups excluding carboxylic acids is 2. The van der Waals surface area contributed by atoms with Gasteiger partial charge in [-0.3, -0.25) is 14.5 Å². The van der Waals surface area contributed by atoms with E-state index in [0.717, 1.165) is 12.8 Å². The van der Waals surface area contributed by atoms with E-state index in [4.69, 9.17) is 0 Å². The lowest BCUT2D eigenvalue weighted by Crippen LogP contribution is -2.51. The minimum atomic E-state index is -0.786. The summed E-state index contributed by atoms with van der Waals surface area (Å²) in [7, 11) is 1.71. The fourth-order valence-electron chi connectivity index (χ4n) is 2.22. The molecule has 0 unspecified atom stereocenters. The van der Waals surface area contributed by atoms with E-state index in [0.29, 0.717) is 0 Å². The standard InChI is InChI=1S/C15H26N4O2/c1-14(2,3)17-12(20)8-19(5)9-13(21)18-15(4,10-16)11-6-7-11/h11H,6-9H2,1-5H3,(H,17,20)(H,18,21)/t15-/m1/s1. The Morgan fingerprint density at radius 1 is 1.14 bits per heavy atom. The highest BCUT2D eigenvalue weighted by Gasteiger charge is 2.43. The summed E-state index contributed by atoms with van der Waals surface area (Å²) in [5, 5.41) is 14.8. The molecule has 0 heterocycles. The molecular formula is C15H26N4O2. The first-order chi connectivity index (χ1) is 9.55. The zero-order valence-corrected chi connectivity index (χ0v) is 13.6. The topological polar surface area (TPSA) is 85.2 Å². The van der Waals surface area contributed by atoms with E-state index in [2.05, 4.69) is 16.7 Å². The van der Waals surface area contributed by atoms with Gasteiger partial charge in [-0.15, -0.1) is 0 Å². The van der Waals surface area contributed by atoms with Gasteiger partial charge >= 0.3 is 0 Å². The van der Waals surface area contributed by atoms with E-state index in [-0.39, 0.29) is 36.4 Å². The molecule has 0 aromatic rings. The number of likely N-dealkylation sites (N-methyl/N-ethyl adjacent to an activating group) is 1. The lowest BCUT2D eigenvalue weighted by molar-refractivity contribution is -0.126. The van der Waals surface area contributed by atoms with Crippen LogP contribution in [0.5, 0.6) is 0 Å². The molecule has 6 nitrogen and oxygen atoms in total. The second-order valence-electron chi connectivity index (χ2n) is 7.11. The maximum Gasteiger partial charge on any atom is 0.235 e. The molecule has 0 aromatic heterocycles. The van der Waals surface area contributed by atoms with Gasteiger partial charge in [-0.05, 0) is 53.5 Å². The van der Waals surface area contributed by atoms with Crippen LogP contribution in [0.1, 0.15) is 40.5 Å². The van der Waals surface area contributed by atoms with Gasteiger partial charge in [-0.2, -0.15) is 5.26 Å². The number of nitrogens with zero attached hydrogens (tertiary/aromatic N) is 2. The third-order valence-corrected chi connectivity index (χ3v) is 3.37. The molecule has 21 heavy (non-hydrogen) atoms. The van der Waals surface area contributed by atoms with Crippen molar-refractivity contribution in [1.29, 1.82) is 5.26 Å². The zero-order chi connectivity index (χ0) is 16.3. The van der Waals surface area contributed by atoms with Crippen LogP contribution in [0.4, 0.5) is 0 Å². The Morgan fingerprint density at radius 2 is 1.62 bits per heavy atom. The Bertz CT molecular complexity index is 446. The first kappa shape index (κ1) is 17.4. The Balaban J connectivity index is 2.40. The van der Waals surface area contributed by atoms with Crippen LogP contribution in [0.15, 0.2) is 0 Å². The highest BCUT2D eigenvalue weighted by atomic mass is 16.2. The van der Waals surface area contributed by atoms with Crippen molar-refractivity contribution in [2.75, 3.05) is 20.1 Å². The van der Waals surface area contributed by atoms with Crippen LogP contribution < -0.4 is 10.6 Å². The summed E-state index contributed by atoms with van der Waals surface area (Å²) in [6.07, 6.45) is 1.96. The summed E-state index contributed by atoms with van der Waals surface area (Å²) in [4.78, 5) is 25.4. The number of nitrogens with one attached hydrogen (secondary N) is 2. The Hall–Kier alpha value is -1.61. The van der Waals surface area contributed by atoms with Gasteiger partial charge in [0.1, 0.15) is 5.54 Å². The first-order valence-electron chi connectivity index (χ1n) is 7.27. The minimum absolute atomic E-state index is 0.0988. The summed E-state index contributed by atoms with van der Waals surface area (Å²) in [6, 6.07) is 2.19. The molecule has 1 saturated carbocycles. The van der Waals surface area contributed by atoms with Crippen molar-refractivity contribution in [2.24, 2.45) is 5.92 Å². The van der Waals surface area contributed by atoms with E-state index >= 15 is 0 Å². The van der Waals surface area contributed by atoms with Gasteiger partial charge in [-0.25, -0.2) is 0 Å². The van der Waals surface area contributed by atoms with E-state index in [9.17, 15) is 14.9 Å². The molecule has 0 aliphatic heterocycles. The highest BCUT2D eigenvalue weighted by Crippen LogP contribution is 2.39. The van der Waals surface area contributed by atoms with Gasteiger partial charge in [0, 0.05) is 5.54 Å². The second-order valence-corrected chi connectivity index (χ2v) is 7.11. The maximum absolute atomic E-state index is 12.0. The fourth-order valence-corrected chi connectivity index (χ4v) is 2.22. The molecule has 1 rings (SSSR count). The van der Waals surface area contributed by atoms with Crippen molar-refractivity contribution in [3.05, 3.63) is 0 Å². The van der Waals surface area contributed by atoms with Gasteiger partial charge in [0.15, 0.2) is 0 Å². The quantitative estimate of drug-likeness (QED) is 0.753. The van der Waals surface area contributed by atoms with Crippen molar-refractivity contribution in [2.45, 2.75) is 51.6 Å². The fraction of sp³-hybridized carbons (Fsp3) is 0.800. The molecule has 1 fully saturated rings. The largest absolute Gasteiger partial charge is 0.350 e. The summed E-state index contributed by atoms with van der Waals surface area (Å²) in [5.74, 6) is -0.0963. The smallest absolute Gasteiger partial charge is 0.235 e. The minimum Gasteiger partial charge on any atom is -0.350 e. The Labute approximate surface area is 126 Å². The normalized spacial score (nSPS) is 17.8. The first-order valence-corrected chi connectivity index (χ1v) is 7.27. The average Bonchev–Trinajstić information content (AvgIpc) is 3.08. The third kappa shape index (κ3) is 6.13. The van der Waals surface area contributed by atoms with Gasteiger partial charge in [0.25, 0.3) is 0 Å². The van der Waals surface area contributed by atoms with Gasteiger partial charge in [-0.1, -0.05) is 0 Å². The molecule has 1 atom stereocenters.